The summed E-state index contributed by atoms with van der Waals surface area (Å²) in [6, 6.07) is 7.33. The standard InChI is InChI=1S/C16H21NO3/c1-2-10-20-15-5-3-4-12(11-15)16(19)17-13-6-8-14(18)9-7-13/h3-5,11,13H,2,6-10H2,1H3,(H,17,19). The number of hydrogen-bond acceptors (Lipinski definition) is 3. The van der Waals surface area contributed by atoms with E-state index in [0.717, 1.165) is 25.0 Å². The van der Waals surface area contributed by atoms with E-state index < -0.39 is 0 Å². The van der Waals surface area contributed by atoms with Crippen LogP contribution in [-0.4, -0.2) is 24.3 Å². The Kier molecular flexibility index (Phi) is 5.16. The molecule has 1 N–H and O–H groups in total. The first kappa shape index (κ1) is 14.6. The molecule has 4 nitrogen and oxygen atoms in total. The molecule has 4 heteroatoms. The highest BCUT2D eigenvalue weighted by atomic mass is 16.5. The summed E-state index contributed by atoms with van der Waals surface area (Å²) in [5, 5.41) is 2.99. The molecule has 0 aliphatic heterocycles. The molecule has 0 bridgehead atoms. The molecule has 0 saturated heterocycles. The number of amides is 1. The van der Waals surface area contributed by atoms with Gasteiger partial charge in [-0.3, -0.25) is 9.59 Å². The molecule has 1 aliphatic rings. The van der Waals surface area contributed by atoms with E-state index in [9.17, 15) is 9.59 Å². The first-order valence-corrected chi connectivity index (χ1v) is 7.24. The molecule has 1 saturated carbocycles. The summed E-state index contributed by atoms with van der Waals surface area (Å²) in [5.41, 5.74) is 0.607. The summed E-state index contributed by atoms with van der Waals surface area (Å²) in [5.74, 6) is 0.926. The van der Waals surface area contributed by atoms with Gasteiger partial charge in [0.2, 0.25) is 0 Å². The zero-order valence-electron chi connectivity index (χ0n) is 11.9. The Morgan fingerprint density at radius 2 is 2.10 bits per heavy atom. The third-order valence-electron chi connectivity index (χ3n) is 3.45. The molecule has 1 aromatic carbocycles. The predicted octanol–water partition coefficient (Wildman–Crippen LogP) is 2.72. The largest absolute Gasteiger partial charge is 0.494 e. The number of Topliss-reactive ketones (excluding diaryl/α,β-unsaturated/α-hetero) is 1. The lowest BCUT2D eigenvalue weighted by Crippen LogP contribution is -2.37. The summed E-state index contributed by atoms with van der Waals surface area (Å²) in [4.78, 5) is 23.3. The van der Waals surface area contributed by atoms with Crippen LogP contribution in [0.5, 0.6) is 5.75 Å². The molecule has 20 heavy (non-hydrogen) atoms. The molecule has 0 atom stereocenters. The van der Waals surface area contributed by atoms with Crippen molar-refractivity contribution in [2.75, 3.05) is 6.61 Å². The lowest BCUT2D eigenvalue weighted by molar-refractivity contribution is -0.120. The number of carbonyl (C=O) groups excluding carboxylic acids is 2. The van der Waals surface area contributed by atoms with Crippen molar-refractivity contribution in [3.63, 3.8) is 0 Å². The molecule has 0 aromatic heterocycles. The predicted molar refractivity (Wildman–Crippen MR) is 77.0 cm³/mol. The van der Waals surface area contributed by atoms with Gasteiger partial charge in [0.05, 0.1) is 6.61 Å². The van der Waals surface area contributed by atoms with Crippen LogP contribution < -0.4 is 10.1 Å². The first-order valence-electron chi connectivity index (χ1n) is 7.24. The van der Waals surface area contributed by atoms with Crippen LogP contribution in [-0.2, 0) is 4.79 Å². The molecular weight excluding hydrogens is 254 g/mol. The van der Waals surface area contributed by atoms with Gasteiger partial charge in [0.1, 0.15) is 11.5 Å². The summed E-state index contributed by atoms with van der Waals surface area (Å²) >= 11 is 0. The quantitative estimate of drug-likeness (QED) is 0.899. The Morgan fingerprint density at radius 1 is 1.35 bits per heavy atom. The Labute approximate surface area is 119 Å². The minimum atomic E-state index is -0.0914. The number of carbonyl (C=O) groups is 2. The maximum atomic E-state index is 12.2. The molecule has 0 radical (unpaired) electrons. The topological polar surface area (TPSA) is 55.4 Å². The summed E-state index contributed by atoms with van der Waals surface area (Å²) in [7, 11) is 0. The zero-order valence-corrected chi connectivity index (χ0v) is 11.9. The second kappa shape index (κ2) is 7.08. The second-order valence-corrected chi connectivity index (χ2v) is 5.16. The van der Waals surface area contributed by atoms with Gasteiger partial charge in [-0.2, -0.15) is 0 Å². The van der Waals surface area contributed by atoms with Crippen LogP contribution in [0.15, 0.2) is 24.3 Å². The molecule has 0 unspecified atom stereocenters. The summed E-state index contributed by atoms with van der Waals surface area (Å²) in [6.45, 7) is 2.69. The second-order valence-electron chi connectivity index (χ2n) is 5.16. The number of hydrogen-bond donors (Lipinski definition) is 1. The van der Waals surface area contributed by atoms with Crippen molar-refractivity contribution in [2.45, 2.75) is 45.1 Å². The molecular formula is C16H21NO3. The minimum Gasteiger partial charge on any atom is -0.494 e. The average molecular weight is 275 g/mol. The van der Waals surface area contributed by atoms with Crippen LogP contribution in [0.1, 0.15) is 49.4 Å². The molecule has 1 fully saturated rings. The van der Waals surface area contributed by atoms with Gasteiger partial charge in [-0.25, -0.2) is 0 Å². The van der Waals surface area contributed by atoms with E-state index in [1.54, 1.807) is 12.1 Å². The minimum absolute atomic E-state index is 0.0914. The van der Waals surface area contributed by atoms with E-state index >= 15 is 0 Å². The lowest BCUT2D eigenvalue weighted by atomic mass is 9.94. The Morgan fingerprint density at radius 3 is 2.80 bits per heavy atom. The molecule has 0 spiro atoms. The fourth-order valence-corrected chi connectivity index (χ4v) is 2.30. The van der Waals surface area contributed by atoms with Crippen molar-refractivity contribution in [3.8, 4) is 5.75 Å². The smallest absolute Gasteiger partial charge is 0.251 e. The van der Waals surface area contributed by atoms with Gasteiger partial charge in [-0.1, -0.05) is 13.0 Å². The Bertz CT molecular complexity index is 474. The van der Waals surface area contributed by atoms with Gasteiger partial charge in [0.25, 0.3) is 5.91 Å². The van der Waals surface area contributed by atoms with Crippen molar-refractivity contribution in [3.05, 3.63) is 29.8 Å². The lowest BCUT2D eigenvalue weighted by Gasteiger charge is -2.22. The molecule has 0 heterocycles. The highest BCUT2D eigenvalue weighted by Crippen LogP contribution is 2.17. The van der Waals surface area contributed by atoms with Crippen molar-refractivity contribution in [2.24, 2.45) is 0 Å². The van der Waals surface area contributed by atoms with Crippen molar-refractivity contribution in [1.29, 1.82) is 0 Å². The SMILES string of the molecule is CCCOc1cccc(C(=O)NC2CCC(=O)CC2)c1. The van der Waals surface area contributed by atoms with Gasteiger partial charge in [-0.15, -0.1) is 0 Å². The van der Waals surface area contributed by atoms with E-state index in [1.165, 1.54) is 0 Å². The Balaban J connectivity index is 1.93. The highest BCUT2D eigenvalue weighted by Gasteiger charge is 2.20. The Hall–Kier alpha value is -1.84. The van der Waals surface area contributed by atoms with Gasteiger partial charge >= 0.3 is 0 Å². The van der Waals surface area contributed by atoms with Crippen LogP contribution in [0, 0.1) is 0 Å². The highest BCUT2D eigenvalue weighted by molar-refractivity contribution is 5.95. The fourth-order valence-electron chi connectivity index (χ4n) is 2.30. The van der Waals surface area contributed by atoms with Gasteiger partial charge in [-0.05, 0) is 37.5 Å². The first-order chi connectivity index (χ1) is 9.69. The van der Waals surface area contributed by atoms with Crippen LogP contribution in [0.3, 0.4) is 0 Å². The maximum absolute atomic E-state index is 12.2. The van der Waals surface area contributed by atoms with Gasteiger partial charge in [0.15, 0.2) is 0 Å². The van der Waals surface area contributed by atoms with Crippen LogP contribution in [0.4, 0.5) is 0 Å². The van der Waals surface area contributed by atoms with E-state index in [-0.39, 0.29) is 11.9 Å². The molecule has 2 rings (SSSR count). The monoisotopic (exact) mass is 275 g/mol. The van der Waals surface area contributed by atoms with Crippen LogP contribution >= 0.6 is 0 Å². The van der Waals surface area contributed by atoms with Crippen LogP contribution in [0.25, 0.3) is 0 Å². The van der Waals surface area contributed by atoms with Crippen molar-refractivity contribution in [1.82, 2.24) is 5.32 Å². The number of nitrogens with one attached hydrogen (secondary N) is 1. The van der Waals surface area contributed by atoms with Gasteiger partial charge < -0.3 is 10.1 Å². The van der Waals surface area contributed by atoms with E-state index in [2.05, 4.69) is 5.32 Å². The fraction of sp³-hybridized carbons (Fsp3) is 0.500. The maximum Gasteiger partial charge on any atom is 0.251 e. The number of ether oxygens (including phenoxy) is 1. The molecule has 1 aromatic rings. The van der Waals surface area contributed by atoms with Gasteiger partial charge in [0, 0.05) is 24.4 Å². The van der Waals surface area contributed by atoms with E-state index in [4.69, 9.17) is 4.74 Å². The van der Waals surface area contributed by atoms with E-state index in [1.807, 2.05) is 19.1 Å². The zero-order chi connectivity index (χ0) is 14.4. The summed E-state index contributed by atoms with van der Waals surface area (Å²) < 4.78 is 5.53. The average Bonchev–Trinajstić information content (AvgIpc) is 2.48. The third-order valence-corrected chi connectivity index (χ3v) is 3.45. The number of benzene rings is 1. The molecule has 1 amide bonds. The van der Waals surface area contributed by atoms with Crippen LogP contribution in [0.2, 0.25) is 0 Å². The summed E-state index contributed by atoms with van der Waals surface area (Å²) in [6.07, 6.45) is 3.58. The third kappa shape index (κ3) is 4.08. The molecule has 108 valence electrons. The number of ketones is 1. The normalized spacial score (nSPS) is 15.9. The van der Waals surface area contributed by atoms with Crippen molar-refractivity contribution < 1.29 is 14.3 Å². The van der Waals surface area contributed by atoms with E-state index in [0.29, 0.717) is 30.8 Å². The number of rotatable bonds is 5. The van der Waals surface area contributed by atoms with Crippen molar-refractivity contribution >= 4 is 11.7 Å². The molecule has 1 aliphatic carbocycles.